The molecular formula is C24H24N4O3. The number of rotatable bonds is 7. The molecule has 1 aromatic heterocycles. The molecule has 0 radical (unpaired) electrons. The van der Waals surface area contributed by atoms with E-state index in [0.29, 0.717) is 35.1 Å². The highest BCUT2D eigenvalue weighted by Crippen LogP contribution is 2.37. The molecule has 1 N–H and O–H groups in total. The average molecular weight is 416 g/mol. The number of carbonyl (C=O) groups excluding carboxylic acids is 1. The molecule has 2 aromatic carbocycles. The van der Waals surface area contributed by atoms with Gasteiger partial charge < -0.3 is 14.6 Å². The molecule has 7 heteroatoms. The Kier molecular flexibility index (Phi) is 5.83. The molecule has 0 aliphatic heterocycles. The summed E-state index contributed by atoms with van der Waals surface area (Å²) in [6.45, 7) is 5.77. The van der Waals surface area contributed by atoms with Crippen LogP contribution in [0.25, 0.3) is 22.8 Å². The second-order valence-corrected chi connectivity index (χ2v) is 7.96. The lowest BCUT2D eigenvalue weighted by atomic mass is 10.0. The van der Waals surface area contributed by atoms with Gasteiger partial charge in [-0.3, -0.25) is 4.79 Å². The Bertz CT molecular complexity index is 1160. The van der Waals surface area contributed by atoms with E-state index < -0.39 is 0 Å². The fourth-order valence-corrected chi connectivity index (χ4v) is 3.90. The summed E-state index contributed by atoms with van der Waals surface area (Å²) in [6, 6.07) is 13.6. The van der Waals surface area contributed by atoms with Crippen LogP contribution in [0.3, 0.4) is 0 Å². The van der Waals surface area contributed by atoms with Crippen molar-refractivity contribution in [3.05, 3.63) is 53.1 Å². The lowest BCUT2D eigenvalue weighted by Gasteiger charge is -2.13. The number of ketones is 1. The van der Waals surface area contributed by atoms with Crippen LogP contribution in [0.2, 0.25) is 0 Å². The molecule has 1 aliphatic carbocycles. The molecule has 158 valence electrons. The summed E-state index contributed by atoms with van der Waals surface area (Å²) in [5.74, 6) is 1.52. The van der Waals surface area contributed by atoms with Crippen LogP contribution in [-0.2, 0) is 11.2 Å². The fourth-order valence-electron chi connectivity index (χ4n) is 3.90. The van der Waals surface area contributed by atoms with Crippen LogP contribution < -0.4 is 10.1 Å². The van der Waals surface area contributed by atoms with E-state index in [4.69, 9.17) is 9.26 Å². The molecule has 3 aromatic rings. The standard InChI is InChI=1S/C24H24N4O3/c1-14(2)30-22-10-7-16(11-17(22)12-25)24-27-23(28-31-24)20-6-4-5-19-18(20)8-9-21(19)26-13-15(3)29/h4-7,10-11,14,21,26H,8-9,13H2,1-3H3/t21-/m0/s1. The SMILES string of the molecule is CC(=O)CN[C@H]1CCc2c(-c3noc(-c4ccc(OC(C)C)c(C#N)c4)n3)cccc21. The van der Waals surface area contributed by atoms with E-state index in [9.17, 15) is 10.1 Å². The van der Waals surface area contributed by atoms with Crippen molar-refractivity contribution in [1.29, 1.82) is 5.26 Å². The van der Waals surface area contributed by atoms with Crippen LogP contribution in [0, 0.1) is 11.3 Å². The first-order valence-electron chi connectivity index (χ1n) is 10.4. The molecule has 0 saturated carbocycles. The summed E-state index contributed by atoms with van der Waals surface area (Å²) in [6.07, 6.45) is 1.78. The molecule has 0 amide bonds. The minimum absolute atomic E-state index is 0.0260. The molecule has 0 saturated heterocycles. The largest absolute Gasteiger partial charge is 0.490 e. The minimum atomic E-state index is -0.0260. The van der Waals surface area contributed by atoms with Crippen molar-refractivity contribution >= 4 is 5.78 Å². The highest BCUT2D eigenvalue weighted by Gasteiger charge is 2.26. The van der Waals surface area contributed by atoms with Gasteiger partial charge in [0, 0.05) is 17.2 Å². The molecule has 0 unspecified atom stereocenters. The van der Waals surface area contributed by atoms with Crippen molar-refractivity contribution in [2.45, 2.75) is 45.8 Å². The molecule has 0 spiro atoms. The summed E-state index contributed by atoms with van der Waals surface area (Å²) < 4.78 is 11.2. The molecule has 31 heavy (non-hydrogen) atoms. The van der Waals surface area contributed by atoms with Crippen molar-refractivity contribution in [2.75, 3.05) is 6.54 Å². The van der Waals surface area contributed by atoms with E-state index in [1.54, 1.807) is 19.1 Å². The van der Waals surface area contributed by atoms with Crippen molar-refractivity contribution in [3.8, 4) is 34.7 Å². The van der Waals surface area contributed by atoms with Crippen molar-refractivity contribution < 1.29 is 14.1 Å². The molecular weight excluding hydrogens is 392 g/mol. The Morgan fingerprint density at radius 3 is 2.94 bits per heavy atom. The third-order valence-electron chi connectivity index (χ3n) is 5.24. The van der Waals surface area contributed by atoms with Crippen LogP contribution in [0.4, 0.5) is 0 Å². The summed E-state index contributed by atoms with van der Waals surface area (Å²) in [5, 5.41) is 17.0. The number of hydrogen-bond acceptors (Lipinski definition) is 7. The molecule has 7 nitrogen and oxygen atoms in total. The Morgan fingerprint density at radius 2 is 2.19 bits per heavy atom. The molecule has 0 fully saturated rings. The zero-order chi connectivity index (χ0) is 22.0. The maximum absolute atomic E-state index is 11.3. The molecule has 4 rings (SSSR count). The lowest BCUT2D eigenvalue weighted by Crippen LogP contribution is -2.24. The van der Waals surface area contributed by atoms with E-state index >= 15 is 0 Å². The Hall–Kier alpha value is -3.50. The first kappa shape index (κ1) is 20.8. The zero-order valence-corrected chi connectivity index (χ0v) is 17.8. The van der Waals surface area contributed by atoms with Gasteiger partial charge in [0.15, 0.2) is 0 Å². The topological polar surface area (TPSA) is 101 Å². The van der Waals surface area contributed by atoms with Crippen molar-refractivity contribution in [1.82, 2.24) is 15.5 Å². The summed E-state index contributed by atoms with van der Waals surface area (Å²) in [5.41, 5.74) is 4.37. The summed E-state index contributed by atoms with van der Waals surface area (Å²) >= 11 is 0. The quantitative estimate of drug-likeness (QED) is 0.615. The third kappa shape index (κ3) is 4.35. The van der Waals surface area contributed by atoms with Crippen LogP contribution in [0.15, 0.2) is 40.9 Å². The predicted octanol–water partition coefficient (Wildman–Crippen LogP) is 4.23. The van der Waals surface area contributed by atoms with Gasteiger partial charge in [0.25, 0.3) is 5.89 Å². The van der Waals surface area contributed by atoms with Gasteiger partial charge in [-0.25, -0.2) is 0 Å². The normalized spacial score (nSPS) is 15.0. The first-order chi connectivity index (χ1) is 15.0. The maximum atomic E-state index is 11.3. The predicted molar refractivity (Wildman–Crippen MR) is 115 cm³/mol. The minimum Gasteiger partial charge on any atom is -0.490 e. The summed E-state index contributed by atoms with van der Waals surface area (Å²) in [4.78, 5) is 15.9. The monoisotopic (exact) mass is 416 g/mol. The van der Waals surface area contributed by atoms with Gasteiger partial charge >= 0.3 is 0 Å². The van der Waals surface area contributed by atoms with E-state index in [2.05, 4.69) is 27.6 Å². The smallest absolute Gasteiger partial charge is 0.258 e. The van der Waals surface area contributed by atoms with Gasteiger partial charge in [-0.05, 0) is 62.9 Å². The highest BCUT2D eigenvalue weighted by molar-refractivity contribution is 5.77. The first-order valence-corrected chi connectivity index (χ1v) is 10.4. The van der Waals surface area contributed by atoms with Gasteiger partial charge in [0.05, 0.1) is 18.2 Å². The van der Waals surface area contributed by atoms with Gasteiger partial charge in [-0.15, -0.1) is 0 Å². The Balaban J connectivity index is 1.62. The number of nitrogens with one attached hydrogen (secondary N) is 1. The number of Topliss-reactive ketones (excluding diaryl/α,β-unsaturated/α-hetero) is 1. The van der Waals surface area contributed by atoms with Gasteiger partial charge in [0.1, 0.15) is 17.6 Å². The second kappa shape index (κ2) is 8.70. The van der Waals surface area contributed by atoms with E-state index in [1.165, 1.54) is 11.1 Å². The van der Waals surface area contributed by atoms with E-state index in [0.717, 1.165) is 18.4 Å². The van der Waals surface area contributed by atoms with Crippen molar-refractivity contribution in [3.63, 3.8) is 0 Å². The second-order valence-electron chi connectivity index (χ2n) is 7.96. The number of nitriles is 1. The molecule has 1 heterocycles. The lowest BCUT2D eigenvalue weighted by molar-refractivity contribution is -0.116. The number of ether oxygens (including phenoxy) is 1. The van der Waals surface area contributed by atoms with E-state index in [1.807, 2.05) is 32.0 Å². The fraction of sp³-hybridized carbons (Fsp3) is 0.333. The van der Waals surface area contributed by atoms with Crippen LogP contribution in [-0.4, -0.2) is 28.6 Å². The average Bonchev–Trinajstić information content (AvgIpc) is 3.39. The maximum Gasteiger partial charge on any atom is 0.258 e. The molecule has 1 aliphatic rings. The van der Waals surface area contributed by atoms with Crippen LogP contribution >= 0.6 is 0 Å². The van der Waals surface area contributed by atoms with Crippen molar-refractivity contribution in [2.24, 2.45) is 0 Å². The number of benzene rings is 2. The number of aromatic nitrogens is 2. The van der Waals surface area contributed by atoms with Crippen LogP contribution in [0.5, 0.6) is 5.75 Å². The van der Waals surface area contributed by atoms with Gasteiger partial charge in [-0.2, -0.15) is 10.2 Å². The van der Waals surface area contributed by atoms with Gasteiger partial charge in [-0.1, -0.05) is 23.4 Å². The number of fused-ring (bicyclic) bond motifs is 1. The number of hydrogen-bond donors (Lipinski definition) is 1. The van der Waals surface area contributed by atoms with Crippen LogP contribution in [0.1, 0.15) is 49.9 Å². The summed E-state index contributed by atoms with van der Waals surface area (Å²) in [7, 11) is 0. The third-order valence-corrected chi connectivity index (χ3v) is 5.24. The Labute approximate surface area is 181 Å². The highest BCUT2D eigenvalue weighted by atomic mass is 16.5. The van der Waals surface area contributed by atoms with E-state index in [-0.39, 0.29) is 17.9 Å². The zero-order valence-electron chi connectivity index (χ0n) is 17.8. The number of carbonyl (C=O) groups is 1. The number of nitrogens with zero attached hydrogens (tertiary/aromatic N) is 3. The molecule has 1 atom stereocenters. The molecule has 0 bridgehead atoms. The Morgan fingerprint density at radius 1 is 1.35 bits per heavy atom. The van der Waals surface area contributed by atoms with Gasteiger partial charge in [0.2, 0.25) is 5.82 Å².